The highest BCUT2D eigenvalue weighted by atomic mass is 16.7. The molecule has 0 spiro atoms. The summed E-state index contributed by atoms with van der Waals surface area (Å²) in [5.41, 5.74) is 0.615. The molecular formula is C12H14O5. The topological polar surface area (TPSA) is 65.0 Å². The van der Waals surface area contributed by atoms with Crippen LogP contribution in [-0.4, -0.2) is 32.1 Å². The third-order valence-corrected chi connectivity index (χ3v) is 1.96. The van der Waals surface area contributed by atoms with Crippen molar-refractivity contribution in [2.75, 3.05) is 21.0 Å². The Bertz CT molecular complexity index is 411. The maximum Gasteiger partial charge on any atom is 0.328 e. The first kappa shape index (κ1) is 13.1. The van der Waals surface area contributed by atoms with Gasteiger partial charge in [0.2, 0.25) is 0 Å². The van der Waals surface area contributed by atoms with Crippen LogP contribution in [0.4, 0.5) is 0 Å². The fourth-order valence-electron chi connectivity index (χ4n) is 1.26. The number of ether oxygens (including phenoxy) is 3. The van der Waals surface area contributed by atoms with Crippen molar-refractivity contribution in [1.82, 2.24) is 0 Å². The molecule has 1 aromatic rings. The van der Waals surface area contributed by atoms with Gasteiger partial charge in [-0.2, -0.15) is 0 Å². The predicted octanol–water partition coefficient (Wildman–Crippen LogP) is 1.78. The Morgan fingerprint density at radius 1 is 1.41 bits per heavy atom. The lowest BCUT2D eigenvalue weighted by atomic mass is 10.1. The van der Waals surface area contributed by atoms with E-state index >= 15 is 0 Å². The van der Waals surface area contributed by atoms with Gasteiger partial charge >= 0.3 is 5.97 Å². The Morgan fingerprint density at radius 3 is 2.76 bits per heavy atom. The molecule has 0 radical (unpaired) electrons. The minimum absolute atomic E-state index is 0.0638. The molecule has 0 bridgehead atoms. The summed E-state index contributed by atoms with van der Waals surface area (Å²) in [6, 6.07) is 5.20. The van der Waals surface area contributed by atoms with Crippen molar-refractivity contribution >= 4 is 12.0 Å². The lowest BCUT2D eigenvalue weighted by Gasteiger charge is -2.12. The minimum atomic E-state index is -1.02. The van der Waals surface area contributed by atoms with Crippen molar-refractivity contribution in [3.05, 3.63) is 29.8 Å². The summed E-state index contributed by atoms with van der Waals surface area (Å²) < 4.78 is 15.3. The lowest BCUT2D eigenvalue weighted by molar-refractivity contribution is -0.131. The molecule has 0 aliphatic heterocycles. The van der Waals surface area contributed by atoms with E-state index in [4.69, 9.17) is 19.3 Å². The molecule has 0 fully saturated rings. The molecule has 0 aliphatic carbocycles. The van der Waals surface area contributed by atoms with Gasteiger partial charge in [-0.1, -0.05) is 12.1 Å². The Hall–Kier alpha value is -2.01. The highest BCUT2D eigenvalue weighted by Crippen LogP contribution is 2.31. The number of aliphatic carboxylic acids is 1. The number of benzene rings is 1. The molecule has 0 atom stereocenters. The van der Waals surface area contributed by atoms with Gasteiger partial charge in [0.1, 0.15) is 0 Å². The molecule has 1 aromatic carbocycles. The third-order valence-electron chi connectivity index (χ3n) is 1.96. The number of hydrogen-bond donors (Lipinski definition) is 1. The number of carboxylic acids is 1. The summed E-state index contributed by atoms with van der Waals surface area (Å²) in [6.45, 7) is 0.0638. The van der Waals surface area contributed by atoms with Gasteiger partial charge in [-0.05, 0) is 12.1 Å². The highest BCUT2D eigenvalue weighted by Gasteiger charge is 2.08. The van der Waals surface area contributed by atoms with E-state index in [1.54, 1.807) is 18.2 Å². The second-order valence-electron chi connectivity index (χ2n) is 3.10. The summed E-state index contributed by atoms with van der Waals surface area (Å²) >= 11 is 0. The van der Waals surface area contributed by atoms with E-state index in [1.165, 1.54) is 20.3 Å². The maximum atomic E-state index is 10.5. The van der Waals surface area contributed by atoms with Crippen LogP contribution in [0, 0.1) is 0 Å². The molecule has 1 rings (SSSR count). The second kappa shape index (κ2) is 6.55. The van der Waals surface area contributed by atoms with Crippen LogP contribution in [0.5, 0.6) is 11.5 Å². The van der Waals surface area contributed by atoms with Gasteiger partial charge in [-0.25, -0.2) is 4.79 Å². The van der Waals surface area contributed by atoms with Crippen molar-refractivity contribution in [1.29, 1.82) is 0 Å². The maximum absolute atomic E-state index is 10.5. The number of rotatable bonds is 6. The van der Waals surface area contributed by atoms with Crippen molar-refractivity contribution in [3.8, 4) is 11.5 Å². The van der Waals surface area contributed by atoms with Gasteiger partial charge in [0.15, 0.2) is 18.3 Å². The average molecular weight is 238 g/mol. The standard InChI is InChI=1S/C12H14O5/c1-15-8-17-12-9(6-7-11(13)14)4-3-5-10(12)16-2/h3-7H,8H2,1-2H3,(H,13,14). The molecule has 0 saturated carbocycles. The summed E-state index contributed by atoms with van der Waals surface area (Å²) in [6.07, 6.45) is 2.48. The normalized spacial score (nSPS) is 10.5. The van der Waals surface area contributed by atoms with Crippen molar-refractivity contribution < 1.29 is 24.1 Å². The fourth-order valence-corrected chi connectivity index (χ4v) is 1.26. The van der Waals surface area contributed by atoms with Crippen LogP contribution in [-0.2, 0) is 9.53 Å². The van der Waals surface area contributed by atoms with Gasteiger partial charge in [-0.3, -0.25) is 0 Å². The predicted molar refractivity (Wildman–Crippen MR) is 62.2 cm³/mol. The largest absolute Gasteiger partial charge is 0.493 e. The van der Waals surface area contributed by atoms with Crippen molar-refractivity contribution in [2.45, 2.75) is 0 Å². The van der Waals surface area contributed by atoms with E-state index in [2.05, 4.69) is 0 Å². The Morgan fingerprint density at radius 2 is 2.18 bits per heavy atom. The van der Waals surface area contributed by atoms with Crippen LogP contribution in [0.3, 0.4) is 0 Å². The quantitative estimate of drug-likeness (QED) is 0.604. The first-order chi connectivity index (χ1) is 8.19. The zero-order valence-corrected chi connectivity index (χ0v) is 9.67. The summed E-state index contributed by atoms with van der Waals surface area (Å²) in [5.74, 6) is -0.0468. The van der Waals surface area contributed by atoms with Crippen molar-refractivity contribution in [2.24, 2.45) is 0 Å². The first-order valence-electron chi connectivity index (χ1n) is 4.88. The summed E-state index contributed by atoms with van der Waals surface area (Å²) in [4.78, 5) is 10.5. The molecule has 92 valence electrons. The molecule has 5 nitrogen and oxygen atoms in total. The Kier molecular flexibility index (Phi) is 5.03. The van der Waals surface area contributed by atoms with Gasteiger partial charge in [0, 0.05) is 18.7 Å². The third kappa shape index (κ3) is 3.81. The van der Waals surface area contributed by atoms with Gasteiger partial charge in [0.05, 0.1) is 7.11 Å². The number of carbonyl (C=O) groups is 1. The molecule has 17 heavy (non-hydrogen) atoms. The molecule has 0 amide bonds. The number of para-hydroxylation sites is 1. The van der Waals surface area contributed by atoms with Crippen LogP contribution in [0.1, 0.15) is 5.56 Å². The van der Waals surface area contributed by atoms with E-state index in [-0.39, 0.29) is 6.79 Å². The molecular weight excluding hydrogens is 224 g/mol. The van der Waals surface area contributed by atoms with Crippen LogP contribution >= 0.6 is 0 Å². The van der Waals surface area contributed by atoms with Crippen LogP contribution < -0.4 is 9.47 Å². The SMILES string of the molecule is COCOc1c(C=CC(=O)O)cccc1OC. The zero-order valence-electron chi connectivity index (χ0n) is 9.67. The van der Waals surface area contributed by atoms with E-state index in [0.717, 1.165) is 6.08 Å². The molecule has 0 aromatic heterocycles. The molecule has 0 aliphatic rings. The molecule has 0 saturated heterocycles. The van der Waals surface area contributed by atoms with Crippen LogP contribution in [0.25, 0.3) is 6.08 Å². The first-order valence-corrected chi connectivity index (χ1v) is 4.88. The van der Waals surface area contributed by atoms with Crippen molar-refractivity contribution in [3.63, 3.8) is 0 Å². The lowest BCUT2D eigenvalue weighted by Crippen LogP contribution is -2.02. The second-order valence-corrected chi connectivity index (χ2v) is 3.10. The van der Waals surface area contributed by atoms with E-state index < -0.39 is 5.97 Å². The Balaban J connectivity index is 3.05. The van der Waals surface area contributed by atoms with E-state index in [0.29, 0.717) is 17.1 Å². The van der Waals surface area contributed by atoms with Crippen LogP contribution in [0.2, 0.25) is 0 Å². The number of methoxy groups -OCH3 is 2. The van der Waals surface area contributed by atoms with E-state index in [1.807, 2.05) is 0 Å². The van der Waals surface area contributed by atoms with Gasteiger partial charge < -0.3 is 19.3 Å². The highest BCUT2D eigenvalue weighted by molar-refractivity contribution is 5.86. The molecule has 1 N–H and O–H groups in total. The monoisotopic (exact) mass is 238 g/mol. The molecule has 0 unspecified atom stereocenters. The molecule has 5 heteroatoms. The van der Waals surface area contributed by atoms with Gasteiger partial charge in [0.25, 0.3) is 0 Å². The summed E-state index contributed by atoms with van der Waals surface area (Å²) in [7, 11) is 3.02. The van der Waals surface area contributed by atoms with E-state index in [9.17, 15) is 4.79 Å². The fraction of sp³-hybridized carbons (Fsp3) is 0.250. The smallest absolute Gasteiger partial charge is 0.328 e. The zero-order chi connectivity index (χ0) is 12.7. The van der Waals surface area contributed by atoms with Crippen LogP contribution in [0.15, 0.2) is 24.3 Å². The minimum Gasteiger partial charge on any atom is -0.493 e. The number of carboxylic acid groups (broad SMARTS) is 1. The Labute approximate surface area is 99.2 Å². The molecule has 0 heterocycles. The average Bonchev–Trinajstić information content (AvgIpc) is 2.33. The number of hydrogen-bond acceptors (Lipinski definition) is 4. The summed E-state index contributed by atoms with van der Waals surface area (Å²) in [5, 5.41) is 8.58. The van der Waals surface area contributed by atoms with Gasteiger partial charge in [-0.15, -0.1) is 0 Å².